The monoisotopic (exact) mass is 894 g/mol. The molecule has 5 aromatic heterocycles. The molecule has 15 rings (SSSR count). The van der Waals surface area contributed by atoms with Gasteiger partial charge in [-0.1, -0.05) is 140 Å². The number of furan rings is 2. The molecule has 10 aromatic carbocycles. The molecule has 70 heavy (non-hydrogen) atoms. The van der Waals surface area contributed by atoms with Crippen LogP contribution in [0.4, 0.5) is 0 Å². The molecule has 0 aliphatic heterocycles. The summed E-state index contributed by atoms with van der Waals surface area (Å²) in [6.45, 7) is 0. The second kappa shape index (κ2) is 15.0. The van der Waals surface area contributed by atoms with Crippen LogP contribution in [0.15, 0.2) is 239 Å². The summed E-state index contributed by atoms with van der Waals surface area (Å²) in [6.07, 6.45) is 0. The van der Waals surface area contributed by atoms with Crippen molar-refractivity contribution in [3.63, 3.8) is 0 Å². The van der Waals surface area contributed by atoms with E-state index in [1.807, 2.05) is 48.5 Å². The molecule has 5 heterocycles. The van der Waals surface area contributed by atoms with Crippen LogP contribution in [-0.4, -0.2) is 19.1 Å². The van der Waals surface area contributed by atoms with Crippen molar-refractivity contribution in [2.24, 2.45) is 0 Å². The van der Waals surface area contributed by atoms with E-state index in [1.165, 1.54) is 16.3 Å². The van der Waals surface area contributed by atoms with E-state index in [1.54, 1.807) is 0 Å². The zero-order chi connectivity index (χ0) is 45.9. The van der Waals surface area contributed by atoms with E-state index >= 15 is 0 Å². The van der Waals surface area contributed by atoms with Crippen molar-refractivity contribution in [1.29, 1.82) is 0 Å². The third-order valence-corrected chi connectivity index (χ3v) is 14.1. The zero-order valence-corrected chi connectivity index (χ0v) is 37.5. The summed E-state index contributed by atoms with van der Waals surface area (Å²) in [6, 6.07) is 81.4. The molecule has 0 aliphatic carbocycles. The normalized spacial score (nSPS) is 12.0. The van der Waals surface area contributed by atoms with Gasteiger partial charge in [0.1, 0.15) is 22.3 Å². The molecule has 6 nitrogen and oxygen atoms in total. The number of nitrogens with zero attached hydrogens (tertiary/aromatic N) is 4. The van der Waals surface area contributed by atoms with Crippen LogP contribution in [0, 0.1) is 0 Å². The summed E-state index contributed by atoms with van der Waals surface area (Å²) in [4.78, 5) is 10.1. The molecule has 0 amide bonds. The lowest BCUT2D eigenvalue weighted by Crippen LogP contribution is -1.97. The van der Waals surface area contributed by atoms with Gasteiger partial charge < -0.3 is 18.0 Å². The van der Waals surface area contributed by atoms with E-state index < -0.39 is 0 Å². The number of aromatic nitrogens is 4. The lowest BCUT2D eigenvalue weighted by Gasteiger charge is -2.11. The van der Waals surface area contributed by atoms with Crippen LogP contribution in [0.3, 0.4) is 0 Å². The minimum Gasteiger partial charge on any atom is -0.456 e. The molecule has 15 aromatic rings. The molecule has 0 bridgehead atoms. The first-order chi connectivity index (χ1) is 34.7. The summed E-state index contributed by atoms with van der Waals surface area (Å²) >= 11 is 0. The van der Waals surface area contributed by atoms with Gasteiger partial charge in [0.25, 0.3) is 0 Å². The van der Waals surface area contributed by atoms with Crippen LogP contribution in [0.5, 0.6) is 0 Å². The first-order valence-corrected chi connectivity index (χ1v) is 23.6. The van der Waals surface area contributed by atoms with Gasteiger partial charge >= 0.3 is 0 Å². The van der Waals surface area contributed by atoms with Gasteiger partial charge in [-0.2, -0.15) is 0 Å². The highest BCUT2D eigenvalue weighted by Crippen LogP contribution is 2.43. The predicted octanol–water partition coefficient (Wildman–Crippen LogP) is 17.1. The SMILES string of the molecule is c1ccc(-c2cc(-c3ccc(-n4c5ccc(-c6ccc7oc8cc9c(cc8c7c6)c6ccccc6n9-c6ccccc6)cc5c5cc6c(cc54)oc4ccccc46)cc3)nc(-c3ccccc3)n2)cc1. The second-order valence-electron chi connectivity index (χ2n) is 18.1. The minimum absolute atomic E-state index is 0.693. The molecule has 0 saturated heterocycles. The van der Waals surface area contributed by atoms with Crippen molar-refractivity contribution in [2.45, 2.75) is 0 Å². The third-order valence-electron chi connectivity index (χ3n) is 14.1. The first kappa shape index (κ1) is 38.6. The number of rotatable bonds is 6. The lowest BCUT2D eigenvalue weighted by atomic mass is 10.00. The molecule has 0 fully saturated rings. The van der Waals surface area contributed by atoms with Gasteiger partial charge in [-0.3, -0.25) is 0 Å². The van der Waals surface area contributed by atoms with Crippen molar-refractivity contribution in [3.8, 4) is 56.4 Å². The number of para-hydroxylation sites is 3. The zero-order valence-electron chi connectivity index (χ0n) is 37.5. The molecule has 0 atom stereocenters. The van der Waals surface area contributed by atoms with Crippen LogP contribution in [0.2, 0.25) is 0 Å². The third kappa shape index (κ3) is 5.93. The van der Waals surface area contributed by atoms with Crippen LogP contribution < -0.4 is 0 Å². The predicted molar refractivity (Wildman–Crippen MR) is 287 cm³/mol. The quantitative estimate of drug-likeness (QED) is 0.167. The minimum atomic E-state index is 0.693. The van der Waals surface area contributed by atoms with Crippen molar-refractivity contribution in [3.05, 3.63) is 231 Å². The molecule has 326 valence electrons. The Morgan fingerprint density at radius 1 is 0.257 bits per heavy atom. The Bertz CT molecular complexity index is 4510. The highest BCUT2D eigenvalue weighted by atomic mass is 16.3. The van der Waals surface area contributed by atoms with Gasteiger partial charge in [0.05, 0.1) is 33.5 Å². The summed E-state index contributed by atoms with van der Waals surface area (Å²) < 4.78 is 17.9. The van der Waals surface area contributed by atoms with E-state index in [0.29, 0.717) is 5.82 Å². The summed E-state index contributed by atoms with van der Waals surface area (Å²) in [5, 5.41) is 9.13. The maximum absolute atomic E-state index is 6.64. The Morgan fingerprint density at radius 3 is 1.41 bits per heavy atom. The van der Waals surface area contributed by atoms with Crippen LogP contribution in [0.25, 0.3) is 144 Å². The molecule has 0 aliphatic rings. The van der Waals surface area contributed by atoms with Gasteiger partial charge in [-0.15, -0.1) is 0 Å². The molecule has 6 heteroatoms. The molecule has 0 spiro atoms. The Morgan fingerprint density at radius 2 is 0.714 bits per heavy atom. The molecule has 0 N–H and O–H groups in total. The molecular weight excluding hydrogens is 857 g/mol. The summed E-state index contributed by atoms with van der Waals surface area (Å²) in [5.41, 5.74) is 17.1. The largest absolute Gasteiger partial charge is 0.456 e. The second-order valence-corrected chi connectivity index (χ2v) is 18.1. The number of hydrogen-bond donors (Lipinski definition) is 0. The smallest absolute Gasteiger partial charge is 0.160 e. The molecule has 0 saturated carbocycles. The highest BCUT2D eigenvalue weighted by Gasteiger charge is 2.20. The van der Waals surface area contributed by atoms with Gasteiger partial charge in [0.2, 0.25) is 0 Å². The average Bonchev–Trinajstić information content (AvgIpc) is 4.17. The van der Waals surface area contributed by atoms with E-state index in [4.69, 9.17) is 18.8 Å². The highest BCUT2D eigenvalue weighted by molar-refractivity contribution is 6.19. The average molecular weight is 895 g/mol. The number of hydrogen-bond acceptors (Lipinski definition) is 4. The fourth-order valence-electron chi connectivity index (χ4n) is 10.8. The van der Waals surface area contributed by atoms with Gasteiger partial charge in [0, 0.05) is 83.3 Å². The van der Waals surface area contributed by atoms with Crippen molar-refractivity contribution < 1.29 is 8.83 Å². The van der Waals surface area contributed by atoms with Crippen LogP contribution in [-0.2, 0) is 0 Å². The Labute approximate surface area is 400 Å². The van der Waals surface area contributed by atoms with Gasteiger partial charge in [0.15, 0.2) is 5.82 Å². The van der Waals surface area contributed by atoms with Crippen molar-refractivity contribution in [2.75, 3.05) is 0 Å². The van der Waals surface area contributed by atoms with E-state index in [0.717, 1.165) is 122 Å². The maximum Gasteiger partial charge on any atom is 0.160 e. The summed E-state index contributed by atoms with van der Waals surface area (Å²) in [5.74, 6) is 0.693. The Balaban J connectivity index is 0.886. The fourth-order valence-corrected chi connectivity index (χ4v) is 10.8. The number of fused-ring (bicyclic) bond motifs is 12. The van der Waals surface area contributed by atoms with E-state index in [-0.39, 0.29) is 0 Å². The van der Waals surface area contributed by atoms with Crippen molar-refractivity contribution in [1.82, 2.24) is 19.1 Å². The number of benzene rings is 10. The van der Waals surface area contributed by atoms with Crippen LogP contribution >= 0.6 is 0 Å². The first-order valence-electron chi connectivity index (χ1n) is 23.6. The molecular formula is C64H38N4O2. The fraction of sp³-hybridized carbons (Fsp3) is 0. The van der Waals surface area contributed by atoms with E-state index in [9.17, 15) is 0 Å². The summed E-state index contributed by atoms with van der Waals surface area (Å²) in [7, 11) is 0. The maximum atomic E-state index is 6.64. The van der Waals surface area contributed by atoms with Gasteiger partial charge in [-0.25, -0.2) is 9.97 Å². The molecule has 0 unspecified atom stereocenters. The van der Waals surface area contributed by atoms with Crippen LogP contribution in [0.1, 0.15) is 0 Å². The topological polar surface area (TPSA) is 61.9 Å². The molecule has 0 radical (unpaired) electrons. The lowest BCUT2D eigenvalue weighted by molar-refractivity contribution is 0.669. The van der Waals surface area contributed by atoms with E-state index in [2.05, 4.69) is 191 Å². The Kier molecular flexibility index (Phi) is 8.26. The Hall–Kier alpha value is -9.52. The van der Waals surface area contributed by atoms with Gasteiger partial charge in [-0.05, 0) is 90.0 Å². The van der Waals surface area contributed by atoms with Crippen molar-refractivity contribution >= 4 is 87.5 Å². The standard InChI is InChI=1S/C64H38N4O2/c1-4-14-39(15-5-1)54-36-55(66-64(65-54)41-16-6-2-7-17-41)40-24-28-45(29-25-40)68-57-30-26-42(32-48(57)50-35-52-47-21-11-13-23-60(47)69-62(52)38-59(50)68)43-27-31-61-51(33-43)53-34-49-46-20-10-12-22-56(46)67(44-18-8-3-9-19-44)58(49)37-63(53)70-61/h1-38H.